The third-order valence-electron chi connectivity index (χ3n) is 2.43. The minimum Gasteiger partial charge on any atom is -0.386 e. The molecular formula is C11H25N3O2S. The first kappa shape index (κ1) is 16.4. The molecular weight excluding hydrogens is 238 g/mol. The average molecular weight is 263 g/mol. The molecule has 0 aliphatic heterocycles. The summed E-state index contributed by atoms with van der Waals surface area (Å²) in [6, 6.07) is -0.611. The molecule has 102 valence electrons. The highest BCUT2D eigenvalue weighted by Gasteiger charge is 2.24. The largest absolute Gasteiger partial charge is 0.386 e. The van der Waals surface area contributed by atoms with Crippen LogP contribution in [0, 0.1) is 16.7 Å². The molecule has 0 amide bonds. The lowest BCUT2D eigenvalue weighted by Crippen LogP contribution is -2.48. The van der Waals surface area contributed by atoms with Gasteiger partial charge in [-0.2, -0.15) is 0 Å². The summed E-state index contributed by atoms with van der Waals surface area (Å²) in [4.78, 5) is 0. The van der Waals surface area contributed by atoms with Crippen molar-refractivity contribution in [2.45, 2.75) is 47.1 Å². The maximum Gasteiger partial charge on any atom is 0.212 e. The lowest BCUT2D eigenvalue weighted by molar-refractivity contribution is 0.395. The first-order valence-electron chi connectivity index (χ1n) is 5.78. The van der Waals surface area contributed by atoms with Crippen LogP contribution in [0.15, 0.2) is 0 Å². The van der Waals surface area contributed by atoms with Gasteiger partial charge in [0.25, 0.3) is 0 Å². The van der Waals surface area contributed by atoms with Crippen LogP contribution in [-0.4, -0.2) is 26.0 Å². The van der Waals surface area contributed by atoms with E-state index in [2.05, 4.69) is 4.72 Å². The monoisotopic (exact) mass is 263 g/mol. The predicted octanol–water partition coefficient (Wildman–Crippen LogP) is 1.30. The smallest absolute Gasteiger partial charge is 0.212 e. The van der Waals surface area contributed by atoms with E-state index >= 15 is 0 Å². The van der Waals surface area contributed by atoms with Crippen LogP contribution in [0.5, 0.6) is 0 Å². The molecule has 1 atom stereocenters. The van der Waals surface area contributed by atoms with Gasteiger partial charge in [-0.15, -0.1) is 0 Å². The molecule has 0 aromatic heterocycles. The van der Waals surface area contributed by atoms with E-state index in [-0.39, 0.29) is 22.9 Å². The van der Waals surface area contributed by atoms with Gasteiger partial charge in [-0.25, -0.2) is 13.1 Å². The molecule has 0 aromatic carbocycles. The van der Waals surface area contributed by atoms with Crippen LogP contribution >= 0.6 is 0 Å². The van der Waals surface area contributed by atoms with Gasteiger partial charge in [-0.3, -0.25) is 5.41 Å². The Hall–Kier alpha value is -0.620. The molecule has 0 rings (SSSR count). The van der Waals surface area contributed by atoms with Crippen LogP contribution in [0.2, 0.25) is 0 Å². The minimum atomic E-state index is -3.37. The Morgan fingerprint density at radius 1 is 1.35 bits per heavy atom. The van der Waals surface area contributed by atoms with Crippen molar-refractivity contribution in [2.75, 3.05) is 5.75 Å². The standard InChI is InChI=1S/C11H25N3O2S/c1-8(2)9(10(12)13)14-17(15,16)7-6-11(3,4)5/h8-9,14H,6-7H2,1-5H3,(H3,12,13). The van der Waals surface area contributed by atoms with E-state index in [4.69, 9.17) is 11.1 Å². The summed E-state index contributed by atoms with van der Waals surface area (Å²) < 4.78 is 26.2. The first-order chi connectivity index (χ1) is 7.44. The zero-order valence-corrected chi connectivity index (χ0v) is 12.2. The maximum atomic E-state index is 11.8. The number of hydrogen-bond acceptors (Lipinski definition) is 3. The van der Waals surface area contributed by atoms with Crippen LogP contribution in [0.25, 0.3) is 0 Å². The van der Waals surface area contributed by atoms with Crippen molar-refractivity contribution in [1.82, 2.24) is 4.72 Å². The molecule has 0 saturated carbocycles. The van der Waals surface area contributed by atoms with Gasteiger partial charge in [-0.05, 0) is 17.8 Å². The Kier molecular flexibility index (Phi) is 5.61. The fraction of sp³-hybridized carbons (Fsp3) is 0.909. The zero-order valence-electron chi connectivity index (χ0n) is 11.4. The highest BCUT2D eigenvalue weighted by atomic mass is 32.2. The first-order valence-corrected chi connectivity index (χ1v) is 7.44. The predicted molar refractivity (Wildman–Crippen MR) is 71.5 cm³/mol. The number of sulfonamides is 1. The second-order valence-corrected chi connectivity index (χ2v) is 7.80. The summed E-state index contributed by atoms with van der Waals surface area (Å²) in [6.07, 6.45) is 0.574. The van der Waals surface area contributed by atoms with Crippen LogP contribution < -0.4 is 10.5 Å². The van der Waals surface area contributed by atoms with Crippen molar-refractivity contribution in [1.29, 1.82) is 5.41 Å². The van der Waals surface area contributed by atoms with Crippen LogP contribution in [0.1, 0.15) is 41.0 Å². The molecule has 0 spiro atoms. The van der Waals surface area contributed by atoms with Crippen LogP contribution in [0.4, 0.5) is 0 Å². The van der Waals surface area contributed by atoms with Crippen molar-refractivity contribution < 1.29 is 8.42 Å². The van der Waals surface area contributed by atoms with Gasteiger partial charge in [0.2, 0.25) is 10.0 Å². The fourth-order valence-corrected chi connectivity index (χ4v) is 3.04. The van der Waals surface area contributed by atoms with E-state index in [1.165, 1.54) is 0 Å². The summed E-state index contributed by atoms with van der Waals surface area (Å²) in [5.74, 6) is -0.108. The van der Waals surface area contributed by atoms with Gasteiger partial charge >= 0.3 is 0 Å². The van der Waals surface area contributed by atoms with Crippen molar-refractivity contribution in [3.8, 4) is 0 Å². The highest BCUT2D eigenvalue weighted by Crippen LogP contribution is 2.19. The quantitative estimate of drug-likeness (QED) is 0.498. The Morgan fingerprint density at radius 2 is 1.82 bits per heavy atom. The summed E-state index contributed by atoms with van der Waals surface area (Å²) in [7, 11) is -3.37. The summed E-state index contributed by atoms with van der Waals surface area (Å²) in [6.45, 7) is 9.64. The Labute approximate surface area is 105 Å². The molecule has 1 unspecified atom stereocenters. The number of nitrogens with two attached hydrogens (primary N) is 1. The van der Waals surface area contributed by atoms with Gasteiger partial charge in [0.1, 0.15) is 5.84 Å². The molecule has 0 saturated heterocycles. The zero-order chi connectivity index (χ0) is 13.9. The number of nitrogens with one attached hydrogen (secondary N) is 2. The van der Waals surface area contributed by atoms with Gasteiger partial charge in [0.15, 0.2) is 0 Å². The maximum absolute atomic E-state index is 11.8. The van der Waals surface area contributed by atoms with Gasteiger partial charge in [0.05, 0.1) is 11.8 Å². The second kappa shape index (κ2) is 5.82. The molecule has 5 nitrogen and oxygen atoms in total. The molecule has 17 heavy (non-hydrogen) atoms. The third kappa shape index (κ3) is 7.33. The SMILES string of the molecule is CC(C)C(NS(=O)(=O)CCC(C)(C)C)C(=N)N. The topological polar surface area (TPSA) is 96.0 Å². The van der Waals surface area contributed by atoms with Gasteiger partial charge < -0.3 is 5.73 Å². The molecule has 0 radical (unpaired) electrons. The third-order valence-corrected chi connectivity index (χ3v) is 3.78. The molecule has 0 fully saturated rings. The van der Waals surface area contributed by atoms with Crippen molar-refractivity contribution in [2.24, 2.45) is 17.1 Å². The Balaban J connectivity index is 4.58. The van der Waals surface area contributed by atoms with E-state index in [1.54, 1.807) is 0 Å². The lowest BCUT2D eigenvalue weighted by atomic mass is 9.94. The van der Waals surface area contributed by atoms with E-state index in [9.17, 15) is 8.42 Å². The van der Waals surface area contributed by atoms with Crippen LogP contribution in [-0.2, 0) is 10.0 Å². The molecule has 0 bridgehead atoms. The highest BCUT2D eigenvalue weighted by molar-refractivity contribution is 7.89. The van der Waals surface area contributed by atoms with E-state index in [1.807, 2.05) is 34.6 Å². The molecule has 0 heterocycles. The van der Waals surface area contributed by atoms with Crippen LogP contribution in [0.3, 0.4) is 0 Å². The number of rotatable bonds is 6. The van der Waals surface area contributed by atoms with Crippen molar-refractivity contribution in [3.05, 3.63) is 0 Å². The normalized spacial score (nSPS) is 14.9. The fourth-order valence-electron chi connectivity index (χ4n) is 1.25. The summed E-state index contributed by atoms with van der Waals surface area (Å²) in [5, 5.41) is 7.37. The van der Waals surface area contributed by atoms with Gasteiger partial charge in [-0.1, -0.05) is 34.6 Å². The molecule has 6 heteroatoms. The minimum absolute atomic E-state index is 0.0295. The second-order valence-electron chi connectivity index (χ2n) is 5.92. The van der Waals surface area contributed by atoms with E-state index in [0.717, 1.165) is 0 Å². The van der Waals surface area contributed by atoms with E-state index in [0.29, 0.717) is 6.42 Å². The Bertz CT molecular complexity index is 355. The number of amidine groups is 1. The van der Waals surface area contributed by atoms with Crippen molar-refractivity contribution >= 4 is 15.9 Å². The molecule has 4 N–H and O–H groups in total. The molecule has 0 aliphatic rings. The summed E-state index contributed by atoms with van der Waals surface area (Å²) in [5.41, 5.74) is 5.35. The number of hydrogen-bond donors (Lipinski definition) is 3. The Morgan fingerprint density at radius 3 is 2.12 bits per heavy atom. The molecule has 0 aliphatic carbocycles. The van der Waals surface area contributed by atoms with E-state index < -0.39 is 16.1 Å². The molecule has 0 aromatic rings. The average Bonchev–Trinajstić information content (AvgIpc) is 2.09. The van der Waals surface area contributed by atoms with Gasteiger partial charge in [0, 0.05) is 0 Å². The van der Waals surface area contributed by atoms with Crippen molar-refractivity contribution in [3.63, 3.8) is 0 Å². The lowest BCUT2D eigenvalue weighted by Gasteiger charge is -2.23. The summed E-state index contributed by atoms with van der Waals surface area (Å²) >= 11 is 0.